The van der Waals surface area contributed by atoms with Gasteiger partial charge in [-0.25, -0.2) is 0 Å². The fraction of sp³-hybridized carbons (Fsp3) is 0.750. The summed E-state index contributed by atoms with van der Waals surface area (Å²) in [5, 5.41) is 3.52. The van der Waals surface area contributed by atoms with Crippen LogP contribution in [0.15, 0.2) is 12.1 Å². The number of rotatable bonds is 6. The van der Waals surface area contributed by atoms with Crippen molar-refractivity contribution < 1.29 is 4.74 Å². The van der Waals surface area contributed by atoms with Crippen LogP contribution in [-0.4, -0.2) is 36.7 Å². The molecule has 2 atom stereocenters. The summed E-state index contributed by atoms with van der Waals surface area (Å²) in [6.07, 6.45) is 3.52. The van der Waals surface area contributed by atoms with Crippen molar-refractivity contribution in [2.24, 2.45) is 5.92 Å². The van der Waals surface area contributed by atoms with E-state index in [1.807, 2.05) is 11.3 Å². The van der Waals surface area contributed by atoms with Gasteiger partial charge in [-0.05, 0) is 37.4 Å². The van der Waals surface area contributed by atoms with Crippen molar-refractivity contribution in [3.8, 4) is 0 Å². The largest absolute Gasteiger partial charge is 0.372 e. The van der Waals surface area contributed by atoms with E-state index in [4.69, 9.17) is 4.74 Å². The molecule has 3 heterocycles. The zero-order chi connectivity index (χ0) is 13.9. The second-order valence-electron chi connectivity index (χ2n) is 6.54. The van der Waals surface area contributed by atoms with Crippen LogP contribution in [-0.2, 0) is 17.8 Å². The Morgan fingerprint density at radius 2 is 1.95 bits per heavy atom. The highest BCUT2D eigenvalue weighted by Crippen LogP contribution is 2.28. The number of nitrogens with zero attached hydrogens (tertiary/aromatic N) is 1. The summed E-state index contributed by atoms with van der Waals surface area (Å²) in [6, 6.07) is 4.58. The molecule has 0 amide bonds. The molecule has 0 radical (unpaired) electrons. The SMILES string of the molecule is CC(C)CNCc1ccc(CN2CC3CCC(C2)O3)s1. The van der Waals surface area contributed by atoms with E-state index in [-0.39, 0.29) is 0 Å². The van der Waals surface area contributed by atoms with Crippen LogP contribution in [0.2, 0.25) is 0 Å². The van der Waals surface area contributed by atoms with Crippen LogP contribution in [0, 0.1) is 5.92 Å². The number of hydrogen-bond donors (Lipinski definition) is 1. The third kappa shape index (κ3) is 3.82. The van der Waals surface area contributed by atoms with Crippen LogP contribution in [0.25, 0.3) is 0 Å². The van der Waals surface area contributed by atoms with Crippen LogP contribution in [0.3, 0.4) is 0 Å². The number of likely N-dealkylation sites (tertiary alicyclic amines) is 1. The number of nitrogens with one attached hydrogen (secondary N) is 1. The van der Waals surface area contributed by atoms with E-state index in [1.165, 1.54) is 22.6 Å². The van der Waals surface area contributed by atoms with E-state index in [9.17, 15) is 0 Å². The third-order valence-electron chi connectivity index (χ3n) is 4.07. The van der Waals surface area contributed by atoms with Gasteiger partial charge in [-0.2, -0.15) is 0 Å². The molecule has 0 saturated carbocycles. The lowest BCUT2D eigenvalue weighted by Crippen LogP contribution is -2.41. The summed E-state index contributed by atoms with van der Waals surface area (Å²) in [5.41, 5.74) is 0. The highest BCUT2D eigenvalue weighted by atomic mass is 32.1. The summed E-state index contributed by atoms with van der Waals surface area (Å²) in [7, 11) is 0. The number of fused-ring (bicyclic) bond motifs is 2. The number of hydrogen-bond acceptors (Lipinski definition) is 4. The molecule has 2 saturated heterocycles. The lowest BCUT2D eigenvalue weighted by molar-refractivity contribution is -0.0407. The summed E-state index contributed by atoms with van der Waals surface area (Å²) in [4.78, 5) is 5.52. The van der Waals surface area contributed by atoms with Crippen LogP contribution in [0.5, 0.6) is 0 Å². The lowest BCUT2D eigenvalue weighted by Gasteiger charge is -2.31. The zero-order valence-corrected chi connectivity index (χ0v) is 13.4. The molecule has 2 fully saturated rings. The predicted octanol–water partition coefficient (Wildman–Crippen LogP) is 2.86. The van der Waals surface area contributed by atoms with Gasteiger partial charge in [-0.3, -0.25) is 4.90 Å². The van der Waals surface area contributed by atoms with Crippen LogP contribution >= 0.6 is 11.3 Å². The van der Waals surface area contributed by atoms with Gasteiger partial charge in [-0.1, -0.05) is 13.8 Å². The average molecular weight is 294 g/mol. The molecule has 3 nitrogen and oxygen atoms in total. The van der Waals surface area contributed by atoms with Gasteiger partial charge >= 0.3 is 0 Å². The summed E-state index contributed by atoms with van der Waals surface area (Å²) < 4.78 is 5.90. The molecule has 3 rings (SSSR count). The molecule has 0 aromatic carbocycles. The Labute approximate surface area is 126 Å². The van der Waals surface area contributed by atoms with E-state index in [0.29, 0.717) is 12.2 Å². The maximum absolute atomic E-state index is 5.90. The molecule has 4 heteroatoms. The van der Waals surface area contributed by atoms with E-state index in [1.54, 1.807) is 0 Å². The quantitative estimate of drug-likeness (QED) is 0.873. The Morgan fingerprint density at radius 1 is 1.25 bits per heavy atom. The Hall–Kier alpha value is -0.420. The normalized spacial score (nSPS) is 26.6. The smallest absolute Gasteiger partial charge is 0.0707 e. The molecule has 1 aromatic rings. The molecule has 0 spiro atoms. The molecule has 1 aromatic heterocycles. The first-order valence-corrected chi connectivity index (χ1v) is 8.67. The Kier molecular flexibility index (Phi) is 4.76. The van der Waals surface area contributed by atoms with Crippen molar-refractivity contribution in [2.75, 3.05) is 19.6 Å². The van der Waals surface area contributed by atoms with Crippen LogP contribution in [0.4, 0.5) is 0 Å². The maximum Gasteiger partial charge on any atom is 0.0707 e. The first kappa shape index (κ1) is 14.5. The molecule has 0 aliphatic carbocycles. The number of ether oxygens (including phenoxy) is 1. The molecular weight excluding hydrogens is 268 g/mol. The average Bonchev–Trinajstić information content (AvgIpc) is 2.96. The van der Waals surface area contributed by atoms with Gasteiger partial charge in [0.25, 0.3) is 0 Å². The molecule has 2 aliphatic heterocycles. The fourth-order valence-electron chi connectivity index (χ4n) is 3.14. The first-order valence-electron chi connectivity index (χ1n) is 7.85. The van der Waals surface area contributed by atoms with Crippen molar-refractivity contribution in [1.82, 2.24) is 10.2 Å². The van der Waals surface area contributed by atoms with Gasteiger partial charge < -0.3 is 10.1 Å². The maximum atomic E-state index is 5.90. The zero-order valence-electron chi connectivity index (χ0n) is 12.6. The lowest BCUT2D eigenvalue weighted by atomic mass is 10.2. The van der Waals surface area contributed by atoms with Crippen LogP contribution < -0.4 is 5.32 Å². The molecular formula is C16H26N2OS. The van der Waals surface area contributed by atoms with Gasteiger partial charge in [0.1, 0.15) is 0 Å². The molecule has 2 aliphatic rings. The fourth-order valence-corrected chi connectivity index (χ4v) is 4.17. The Balaban J connectivity index is 1.47. The highest BCUT2D eigenvalue weighted by molar-refractivity contribution is 7.11. The molecule has 2 unspecified atom stereocenters. The summed E-state index contributed by atoms with van der Waals surface area (Å²) in [5.74, 6) is 0.721. The van der Waals surface area contributed by atoms with Crippen LogP contribution in [0.1, 0.15) is 36.4 Å². The van der Waals surface area contributed by atoms with E-state index in [2.05, 4.69) is 36.2 Å². The van der Waals surface area contributed by atoms with E-state index < -0.39 is 0 Å². The minimum atomic E-state index is 0.501. The molecule has 2 bridgehead atoms. The van der Waals surface area contributed by atoms with Crippen molar-refractivity contribution in [3.63, 3.8) is 0 Å². The van der Waals surface area contributed by atoms with Gasteiger partial charge in [0.15, 0.2) is 0 Å². The topological polar surface area (TPSA) is 24.5 Å². The van der Waals surface area contributed by atoms with Crippen molar-refractivity contribution in [3.05, 3.63) is 21.9 Å². The minimum Gasteiger partial charge on any atom is -0.372 e. The first-order chi connectivity index (χ1) is 9.69. The molecule has 1 N–H and O–H groups in total. The van der Waals surface area contributed by atoms with Gasteiger partial charge in [0.2, 0.25) is 0 Å². The van der Waals surface area contributed by atoms with Gasteiger partial charge in [0.05, 0.1) is 12.2 Å². The molecule has 20 heavy (non-hydrogen) atoms. The van der Waals surface area contributed by atoms with E-state index >= 15 is 0 Å². The third-order valence-corrected chi connectivity index (χ3v) is 5.14. The monoisotopic (exact) mass is 294 g/mol. The predicted molar refractivity (Wildman–Crippen MR) is 84.0 cm³/mol. The van der Waals surface area contributed by atoms with Crippen molar-refractivity contribution in [2.45, 2.75) is 52.0 Å². The van der Waals surface area contributed by atoms with Crippen molar-refractivity contribution in [1.29, 1.82) is 0 Å². The minimum absolute atomic E-state index is 0.501. The summed E-state index contributed by atoms with van der Waals surface area (Å²) in [6.45, 7) is 9.95. The van der Waals surface area contributed by atoms with Gasteiger partial charge in [-0.15, -0.1) is 11.3 Å². The molecule has 112 valence electrons. The Morgan fingerprint density at radius 3 is 2.65 bits per heavy atom. The second-order valence-corrected chi connectivity index (χ2v) is 7.80. The van der Waals surface area contributed by atoms with Gasteiger partial charge in [0, 0.05) is 35.9 Å². The second kappa shape index (κ2) is 6.56. The Bertz CT molecular complexity index is 420. The van der Waals surface area contributed by atoms with Crippen molar-refractivity contribution >= 4 is 11.3 Å². The highest BCUT2D eigenvalue weighted by Gasteiger charge is 2.33. The van der Waals surface area contributed by atoms with E-state index in [0.717, 1.165) is 38.6 Å². The standard InChI is InChI=1S/C16H26N2OS/c1-12(2)7-17-8-15-5-6-16(20-15)11-18-9-13-3-4-14(10-18)19-13/h5-6,12-14,17H,3-4,7-11H2,1-2H3. The number of morpholine rings is 1. The number of thiophene rings is 1. The summed E-state index contributed by atoms with van der Waals surface area (Å²) >= 11 is 1.96.